The normalized spacial score (nSPS) is 12.3. The van der Waals surface area contributed by atoms with Crippen LogP contribution in [0.1, 0.15) is 22.6 Å². The Labute approximate surface area is 290 Å². The van der Waals surface area contributed by atoms with Crippen molar-refractivity contribution in [3.63, 3.8) is 0 Å². The maximum atomic E-state index is 5.23. The lowest BCUT2D eigenvalue weighted by molar-refractivity contribution is 0.951. The molecule has 9 aromatic rings. The summed E-state index contributed by atoms with van der Waals surface area (Å²) in [6, 6.07) is 62.1. The maximum Gasteiger partial charge on any atom is 0.238 e. The molecule has 0 unspecified atom stereocenters. The molecule has 10 rings (SSSR count). The molecule has 2 heterocycles. The predicted molar refractivity (Wildman–Crippen MR) is 203 cm³/mol. The van der Waals surface area contributed by atoms with Crippen LogP contribution in [0, 0.1) is 0 Å². The first-order valence-corrected chi connectivity index (χ1v) is 17.0. The Morgan fingerprint density at radius 2 is 0.880 bits per heavy atom. The van der Waals surface area contributed by atoms with Gasteiger partial charge in [-0.15, -0.1) is 0 Å². The molecule has 1 aliphatic carbocycles. The Balaban J connectivity index is 1.17. The zero-order chi connectivity index (χ0) is 33.0. The van der Waals surface area contributed by atoms with Gasteiger partial charge in [-0.2, -0.15) is 9.97 Å². The van der Waals surface area contributed by atoms with Gasteiger partial charge >= 0.3 is 0 Å². The fraction of sp³-hybridized carbons (Fsp3) is 0.0217. The van der Waals surface area contributed by atoms with Gasteiger partial charge in [-0.1, -0.05) is 158 Å². The average Bonchev–Trinajstić information content (AvgIpc) is 3.71. The molecule has 0 spiro atoms. The van der Waals surface area contributed by atoms with Crippen molar-refractivity contribution in [3.05, 3.63) is 193 Å². The largest absolute Gasteiger partial charge is 0.278 e. The molecular formula is C46H30N4. The highest BCUT2D eigenvalue weighted by Gasteiger charge is 2.29. The highest BCUT2D eigenvalue weighted by atomic mass is 15.2. The minimum atomic E-state index is 0.131. The lowest BCUT2D eigenvalue weighted by atomic mass is 9.88. The molecular weight excluding hydrogens is 609 g/mol. The number of nitrogens with zero attached hydrogens (tertiary/aromatic N) is 4. The minimum Gasteiger partial charge on any atom is -0.278 e. The van der Waals surface area contributed by atoms with Gasteiger partial charge in [-0.3, -0.25) is 4.57 Å². The van der Waals surface area contributed by atoms with Crippen LogP contribution in [0.3, 0.4) is 0 Å². The molecule has 0 fully saturated rings. The highest BCUT2D eigenvalue weighted by Crippen LogP contribution is 2.48. The number of hydrogen-bond acceptors (Lipinski definition) is 3. The van der Waals surface area contributed by atoms with E-state index >= 15 is 0 Å². The van der Waals surface area contributed by atoms with Gasteiger partial charge in [-0.05, 0) is 57.1 Å². The number of aromatic nitrogens is 4. The number of fused-ring (bicyclic) bond motifs is 6. The van der Waals surface area contributed by atoms with Crippen LogP contribution in [0.25, 0.3) is 72.8 Å². The van der Waals surface area contributed by atoms with Gasteiger partial charge in [0.25, 0.3) is 0 Å². The first kappa shape index (κ1) is 28.4. The summed E-state index contributed by atoms with van der Waals surface area (Å²) < 4.78 is 2.17. The van der Waals surface area contributed by atoms with Gasteiger partial charge in [0.2, 0.25) is 5.95 Å². The van der Waals surface area contributed by atoms with Crippen molar-refractivity contribution in [2.45, 2.75) is 5.92 Å². The quantitative estimate of drug-likeness (QED) is 0.188. The van der Waals surface area contributed by atoms with E-state index in [4.69, 9.17) is 15.0 Å². The summed E-state index contributed by atoms with van der Waals surface area (Å²) in [5.74, 6) is 2.00. The second kappa shape index (κ2) is 11.5. The summed E-state index contributed by atoms with van der Waals surface area (Å²) in [5.41, 5.74) is 12.8. The number of para-hydroxylation sites is 2. The third-order valence-corrected chi connectivity index (χ3v) is 9.97. The van der Waals surface area contributed by atoms with Crippen LogP contribution in [0.4, 0.5) is 0 Å². The van der Waals surface area contributed by atoms with Crippen molar-refractivity contribution in [1.29, 1.82) is 0 Å². The van der Waals surface area contributed by atoms with E-state index in [-0.39, 0.29) is 5.92 Å². The summed E-state index contributed by atoms with van der Waals surface area (Å²) in [6.07, 6.45) is 0. The first-order chi connectivity index (χ1) is 24.8. The van der Waals surface area contributed by atoms with Crippen molar-refractivity contribution in [1.82, 2.24) is 19.5 Å². The molecule has 234 valence electrons. The molecule has 0 saturated carbocycles. The molecule has 2 aromatic heterocycles. The van der Waals surface area contributed by atoms with E-state index in [0.717, 1.165) is 27.7 Å². The van der Waals surface area contributed by atoms with Crippen LogP contribution in [0.2, 0.25) is 0 Å². The van der Waals surface area contributed by atoms with Crippen molar-refractivity contribution in [2.24, 2.45) is 0 Å². The van der Waals surface area contributed by atoms with Crippen molar-refractivity contribution >= 4 is 21.8 Å². The second-order valence-electron chi connectivity index (χ2n) is 12.8. The molecule has 1 aliphatic rings. The Kier molecular flexibility index (Phi) is 6.53. The maximum absolute atomic E-state index is 5.23. The number of rotatable bonds is 5. The van der Waals surface area contributed by atoms with Crippen LogP contribution in [-0.4, -0.2) is 19.5 Å². The van der Waals surface area contributed by atoms with Crippen LogP contribution in [0.15, 0.2) is 176 Å². The topological polar surface area (TPSA) is 43.6 Å². The van der Waals surface area contributed by atoms with E-state index in [9.17, 15) is 0 Å². The molecule has 0 amide bonds. The van der Waals surface area contributed by atoms with E-state index in [1.165, 1.54) is 44.2 Å². The molecule has 4 heteroatoms. The summed E-state index contributed by atoms with van der Waals surface area (Å²) in [7, 11) is 0. The minimum absolute atomic E-state index is 0.131. The Bertz CT molecular complexity index is 2610. The van der Waals surface area contributed by atoms with Crippen LogP contribution in [-0.2, 0) is 0 Å². The van der Waals surface area contributed by atoms with Gasteiger partial charge in [-0.25, -0.2) is 4.98 Å². The SMILES string of the molecule is c1ccc(-c2ccc(-c3nc(-c4cccc(C5c6ccccc6-c6ccccc65)c4)nc(-n4c5ccccc5c5ccccc54)n3)cc2)cc1. The number of hydrogen-bond donors (Lipinski definition) is 0. The summed E-state index contributed by atoms with van der Waals surface area (Å²) in [6.45, 7) is 0. The average molecular weight is 639 g/mol. The summed E-state index contributed by atoms with van der Waals surface area (Å²) in [5, 5.41) is 2.33. The number of benzene rings is 7. The van der Waals surface area contributed by atoms with Gasteiger partial charge < -0.3 is 0 Å². The zero-order valence-corrected chi connectivity index (χ0v) is 27.1. The first-order valence-electron chi connectivity index (χ1n) is 17.0. The van der Waals surface area contributed by atoms with Crippen LogP contribution in [0.5, 0.6) is 0 Å². The Morgan fingerprint density at radius 1 is 0.380 bits per heavy atom. The van der Waals surface area contributed by atoms with Crippen molar-refractivity contribution < 1.29 is 0 Å². The molecule has 0 N–H and O–H groups in total. The van der Waals surface area contributed by atoms with E-state index < -0.39 is 0 Å². The molecule has 0 atom stereocenters. The Hall–Kier alpha value is -6.65. The van der Waals surface area contributed by atoms with Crippen molar-refractivity contribution in [3.8, 4) is 51.0 Å². The van der Waals surface area contributed by atoms with Crippen LogP contribution < -0.4 is 0 Å². The monoisotopic (exact) mass is 638 g/mol. The van der Waals surface area contributed by atoms with Gasteiger partial charge in [0, 0.05) is 27.8 Å². The predicted octanol–water partition coefficient (Wildman–Crippen LogP) is 11.1. The fourth-order valence-corrected chi connectivity index (χ4v) is 7.68. The fourth-order valence-electron chi connectivity index (χ4n) is 7.68. The molecule has 0 saturated heterocycles. The van der Waals surface area contributed by atoms with E-state index in [2.05, 4.69) is 174 Å². The molecule has 0 bridgehead atoms. The molecule has 0 radical (unpaired) electrons. The smallest absolute Gasteiger partial charge is 0.238 e. The molecule has 7 aromatic carbocycles. The van der Waals surface area contributed by atoms with E-state index in [1.807, 2.05) is 6.07 Å². The molecule has 4 nitrogen and oxygen atoms in total. The van der Waals surface area contributed by atoms with Gasteiger partial charge in [0.15, 0.2) is 11.6 Å². The Morgan fingerprint density at radius 3 is 1.54 bits per heavy atom. The van der Waals surface area contributed by atoms with E-state index in [0.29, 0.717) is 17.6 Å². The van der Waals surface area contributed by atoms with Gasteiger partial charge in [0.05, 0.1) is 11.0 Å². The third-order valence-electron chi connectivity index (χ3n) is 9.97. The zero-order valence-electron chi connectivity index (χ0n) is 27.1. The van der Waals surface area contributed by atoms with E-state index in [1.54, 1.807) is 0 Å². The lowest BCUT2D eigenvalue weighted by Gasteiger charge is -2.16. The van der Waals surface area contributed by atoms with Gasteiger partial charge in [0.1, 0.15) is 0 Å². The molecule has 50 heavy (non-hydrogen) atoms. The lowest BCUT2D eigenvalue weighted by Crippen LogP contribution is -2.07. The molecule has 0 aliphatic heterocycles. The summed E-state index contributed by atoms with van der Waals surface area (Å²) in [4.78, 5) is 15.6. The highest BCUT2D eigenvalue weighted by molar-refractivity contribution is 6.09. The van der Waals surface area contributed by atoms with Crippen molar-refractivity contribution in [2.75, 3.05) is 0 Å². The summed E-state index contributed by atoms with van der Waals surface area (Å²) >= 11 is 0. The second-order valence-corrected chi connectivity index (χ2v) is 12.8. The van der Waals surface area contributed by atoms with Crippen LogP contribution >= 0.6 is 0 Å². The third kappa shape index (κ3) is 4.57. The standard InChI is InChI=1S/C46H30N4/c1-2-13-30(14-3-1)31-25-27-32(28-26-31)44-47-45(49-46(48-44)50-41-23-10-8-19-37(41)38-20-9-11-24-42(38)50)34-16-12-15-33(29-34)43-39-21-6-4-17-35(39)36-18-5-7-22-40(36)43/h1-29,43H.